The number of pyridine rings is 1. The molecule has 36 heavy (non-hydrogen) atoms. The van der Waals surface area contributed by atoms with Gasteiger partial charge in [-0.2, -0.15) is 5.26 Å². The number of nitrogens with zero attached hydrogens (tertiary/aromatic N) is 4. The highest BCUT2D eigenvalue weighted by molar-refractivity contribution is 6.35. The van der Waals surface area contributed by atoms with Crippen LogP contribution in [0.15, 0.2) is 48.8 Å². The first-order valence-corrected chi connectivity index (χ1v) is 11.3. The van der Waals surface area contributed by atoms with Crippen molar-refractivity contribution in [3.05, 3.63) is 82.3 Å². The molecule has 10 heteroatoms. The van der Waals surface area contributed by atoms with Crippen molar-refractivity contribution >= 4 is 28.2 Å². The molecule has 2 heterocycles. The number of nitriles is 1. The molecule has 2 aromatic heterocycles. The van der Waals surface area contributed by atoms with Crippen LogP contribution >= 0.6 is 11.6 Å². The van der Waals surface area contributed by atoms with Gasteiger partial charge in [0, 0.05) is 28.9 Å². The second-order valence-corrected chi connectivity index (χ2v) is 9.16. The maximum absolute atomic E-state index is 14.6. The quantitative estimate of drug-likeness (QED) is 0.315. The fourth-order valence-electron chi connectivity index (χ4n) is 3.76. The van der Waals surface area contributed by atoms with Gasteiger partial charge in [-0.15, -0.1) is 0 Å². The molecule has 0 unspecified atom stereocenters. The molecule has 1 atom stereocenters. The molecular formula is C26H21ClF3N5O. The number of aromatic nitrogens is 3. The van der Waals surface area contributed by atoms with Crippen molar-refractivity contribution in [1.82, 2.24) is 15.0 Å². The number of halogens is 4. The summed E-state index contributed by atoms with van der Waals surface area (Å²) in [6, 6.07) is 8.53. The Morgan fingerprint density at radius 3 is 2.39 bits per heavy atom. The van der Waals surface area contributed by atoms with Crippen LogP contribution in [0.5, 0.6) is 0 Å². The lowest BCUT2D eigenvalue weighted by molar-refractivity contribution is 0.0687. The minimum Gasteiger partial charge on any atom is -0.382 e. The molecule has 0 bridgehead atoms. The van der Waals surface area contributed by atoms with Crippen molar-refractivity contribution in [2.45, 2.75) is 38.8 Å². The number of benzene rings is 2. The van der Waals surface area contributed by atoms with Gasteiger partial charge in [-0.1, -0.05) is 17.7 Å². The van der Waals surface area contributed by atoms with Crippen molar-refractivity contribution < 1.29 is 18.3 Å². The predicted molar refractivity (Wildman–Crippen MR) is 131 cm³/mol. The SMILES string of the molecule is Cc1nc2ccc(-c3cnc(C(C)(C)O)nc3)cc2c(N[C@@H](c2cc(C#N)ccc2F)C(F)F)c1Cl. The normalized spacial score (nSPS) is 12.6. The average molecular weight is 512 g/mol. The molecule has 0 amide bonds. The van der Waals surface area contributed by atoms with Crippen molar-refractivity contribution in [3.8, 4) is 17.2 Å². The molecule has 6 nitrogen and oxygen atoms in total. The standard InChI is InChI=1S/C26H21ClF3N5O/c1-13-21(27)22(35-23(24(29)30)17-8-14(10-31)4-6-19(17)28)18-9-15(5-7-20(18)34-13)16-11-32-25(33-12-16)26(2,3)36/h4-9,11-12,23-24,36H,1-3H3,(H,34,35)/t23-/m0/s1. The lowest BCUT2D eigenvalue weighted by atomic mass is 10.0. The number of anilines is 1. The largest absolute Gasteiger partial charge is 0.382 e. The summed E-state index contributed by atoms with van der Waals surface area (Å²) in [7, 11) is 0. The van der Waals surface area contributed by atoms with Gasteiger partial charge in [0.05, 0.1) is 33.6 Å². The fraction of sp³-hybridized carbons (Fsp3) is 0.231. The molecule has 0 spiro atoms. The molecule has 184 valence electrons. The van der Waals surface area contributed by atoms with Gasteiger partial charge in [-0.3, -0.25) is 4.98 Å². The van der Waals surface area contributed by atoms with E-state index in [9.17, 15) is 18.3 Å². The first-order valence-electron chi connectivity index (χ1n) is 10.9. The van der Waals surface area contributed by atoms with Crippen molar-refractivity contribution in [2.75, 3.05) is 5.32 Å². The van der Waals surface area contributed by atoms with Crippen molar-refractivity contribution in [2.24, 2.45) is 0 Å². The van der Waals surface area contributed by atoms with E-state index < -0.39 is 23.9 Å². The summed E-state index contributed by atoms with van der Waals surface area (Å²) in [6.45, 7) is 4.78. The van der Waals surface area contributed by atoms with E-state index in [4.69, 9.17) is 16.9 Å². The molecule has 0 aliphatic rings. The van der Waals surface area contributed by atoms with Crippen molar-refractivity contribution in [3.63, 3.8) is 0 Å². The minimum atomic E-state index is -3.01. The lowest BCUT2D eigenvalue weighted by Crippen LogP contribution is -2.21. The topological polar surface area (TPSA) is 94.7 Å². The van der Waals surface area contributed by atoms with Crippen LogP contribution < -0.4 is 5.32 Å². The van der Waals surface area contributed by atoms with E-state index in [1.165, 1.54) is 6.07 Å². The monoisotopic (exact) mass is 511 g/mol. The summed E-state index contributed by atoms with van der Waals surface area (Å²) in [5, 5.41) is 22.5. The Labute approximate surface area is 210 Å². The van der Waals surface area contributed by atoms with Crippen LogP contribution in [0.3, 0.4) is 0 Å². The van der Waals surface area contributed by atoms with Gasteiger partial charge in [0.25, 0.3) is 6.43 Å². The fourth-order valence-corrected chi connectivity index (χ4v) is 3.96. The Bertz CT molecular complexity index is 1480. The van der Waals surface area contributed by atoms with Gasteiger partial charge in [-0.25, -0.2) is 23.1 Å². The second-order valence-electron chi connectivity index (χ2n) is 8.78. The molecule has 0 fully saturated rings. The first kappa shape index (κ1) is 25.4. The summed E-state index contributed by atoms with van der Waals surface area (Å²) in [6.07, 6.45) is 0.0735. The highest BCUT2D eigenvalue weighted by Crippen LogP contribution is 2.38. The van der Waals surface area contributed by atoms with Crippen LogP contribution in [0.4, 0.5) is 18.9 Å². The summed E-state index contributed by atoms with van der Waals surface area (Å²) in [5.74, 6) is -0.626. The third-order valence-corrected chi connectivity index (χ3v) is 6.10. The van der Waals surface area contributed by atoms with E-state index in [0.717, 1.165) is 12.1 Å². The molecule has 2 N–H and O–H groups in total. The number of hydrogen-bond acceptors (Lipinski definition) is 6. The van der Waals surface area contributed by atoms with Gasteiger partial charge in [0.2, 0.25) is 0 Å². The Morgan fingerprint density at radius 1 is 1.08 bits per heavy atom. The van der Waals surface area contributed by atoms with E-state index in [-0.39, 0.29) is 27.7 Å². The zero-order valence-electron chi connectivity index (χ0n) is 19.5. The number of aryl methyl sites for hydroxylation is 1. The molecule has 0 radical (unpaired) electrons. The lowest BCUT2D eigenvalue weighted by Gasteiger charge is -2.23. The highest BCUT2D eigenvalue weighted by Gasteiger charge is 2.28. The Kier molecular flexibility index (Phi) is 6.85. The van der Waals surface area contributed by atoms with Crippen LogP contribution in [-0.4, -0.2) is 26.5 Å². The van der Waals surface area contributed by atoms with E-state index >= 15 is 0 Å². The van der Waals surface area contributed by atoms with Crippen LogP contribution in [0.25, 0.3) is 22.0 Å². The molecule has 0 aliphatic carbocycles. The summed E-state index contributed by atoms with van der Waals surface area (Å²) >= 11 is 6.51. The Hall–Kier alpha value is -3.74. The van der Waals surface area contributed by atoms with Gasteiger partial charge in [0.15, 0.2) is 5.82 Å². The summed E-state index contributed by atoms with van der Waals surface area (Å²) < 4.78 is 42.9. The third-order valence-electron chi connectivity index (χ3n) is 5.64. The molecule has 2 aromatic carbocycles. The molecular weight excluding hydrogens is 491 g/mol. The number of rotatable bonds is 6. The number of aliphatic hydroxyl groups is 1. The maximum Gasteiger partial charge on any atom is 0.262 e. The Morgan fingerprint density at radius 2 is 1.78 bits per heavy atom. The third kappa shape index (κ3) is 4.96. The van der Waals surface area contributed by atoms with Crippen LogP contribution in [-0.2, 0) is 5.60 Å². The number of alkyl halides is 2. The predicted octanol–water partition coefficient (Wildman–Crippen LogP) is 6.31. The van der Waals surface area contributed by atoms with Gasteiger partial charge in [0.1, 0.15) is 17.5 Å². The van der Waals surface area contributed by atoms with Crippen LogP contribution in [0.1, 0.15) is 42.5 Å². The number of fused-ring (bicyclic) bond motifs is 1. The van der Waals surface area contributed by atoms with E-state index in [2.05, 4.69) is 20.3 Å². The van der Waals surface area contributed by atoms with Crippen LogP contribution in [0.2, 0.25) is 5.02 Å². The van der Waals surface area contributed by atoms with Gasteiger partial charge >= 0.3 is 0 Å². The van der Waals surface area contributed by atoms with Crippen LogP contribution in [0, 0.1) is 24.1 Å². The number of hydrogen-bond donors (Lipinski definition) is 2. The summed E-state index contributed by atoms with van der Waals surface area (Å²) in [4.78, 5) is 12.9. The smallest absolute Gasteiger partial charge is 0.262 e. The zero-order valence-corrected chi connectivity index (χ0v) is 20.3. The molecule has 0 saturated heterocycles. The maximum atomic E-state index is 14.6. The second kappa shape index (κ2) is 9.72. The number of nitrogens with one attached hydrogen (secondary N) is 1. The van der Waals surface area contributed by atoms with E-state index in [1.807, 2.05) is 6.07 Å². The molecule has 4 aromatic rings. The minimum absolute atomic E-state index is 0.0532. The van der Waals surface area contributed by atoms with E-state index in [0.29, 0.717) is 27.7 Å². The summed E-state index contributed by atoms with van der Waals surface area (Å²) in [5.41, 5.74) is 0.796. The Balaban J connectivity index is 1.84. The van der Waals surface area contributed by atoms with Crippen molar-refractivity contribution in [1.29, 1.82) is 5.26 Å². The van der Waals surface area contributed by atoms with E-state index in [1.54, 1.807) is 51.4 Å². The zero-order chi connectivity index (χ0) is 26.2. The molecule has 4 rings (SSSR count). The average Bonchev–Trinajstić information content (AvgIpc) is 2.84. The first-order chi connectivity index (χ1) is 17.0. The highest BCUT2D eigenvalue weighted by atomic mass is 35.5. The molecule has 0 aliphatic heterocycles. The van der Waals surface area contributed by atoms with Gasteiger partial charge in [-0.05, 0) is 56.7 Å². The van der Waals surface area contributed by atoms with Gasteiger partial charge < -0.3 is 10.4 Å². The molecule has 0 saturated carbocycles.